The smallest absolute Gasteiger partial charge is 0.416 e. The van der Waals surface area contributed by atoms with Gasteiger partial charge < -0.3 is 69.6 Å². The van der Waals surface area contributed by atoms with Crippen LogP contribution < -0.4 is 42.1 Å². The van der Waals surface area contributed by atoms with Gasteiger partial charge in [-0.05, 0) is 296 Å². The number of ether oxygens (including phenoxy) is 2. The maximum Gasteiger partial charge on any atom is 0.416 e. The van der Waals surface area contributed by atoms with E-state index in [4.69, 9.17) is 28.5 Å². The van der Waals surface area contributed by atoms with Crippen molar-refractivity contribution in [2.24, 2.45) is 41.2 Å². The van der Waals surface area contributed by atoms with Crippen LogP contribution in [0.5, 0.6) is 0 Å². The van der Waals surface area contributed by atoms with E-state index in [1.165, 1.54) is 116 Å². The van der Waals surface area contributed by atoms with Gasteiger partial charge in [0.15, 0.2) is 34.2 Å². The molecule has 0 saturated heterocycles. The standard InChI is InChI=1S/C35H49F2N7O4.C29H40F2N8O2.C29H34F2N6O5.C6H15N.H3P.W/c1-6-7-8-17-42(5)19-23-11-13-26(14-12-23)44-21-27(30(41-44)31(36)37)39-32(45)28-22-47-33(40-28)25-15-16-38-29(18-25)43(20-24-9-10-24)34(46)48-35(2,3)4;1-38(13-3-2-11-32)16-20-6-8-22(9-7-20)39-17-23(26(37-39)27(30)31)35-28(40)24-18-41-29(36-24)21-10-12-33-25(14-21)34-15-19-4-5-19;1-29(2,3)42-28(40)36(13-17-4-5-17)23-12-19(10-11-32-23)27-34-22(16-41-27)26(39)33-21-14-37(35-24(21)25(30)31)20-8-6-18(15-38)7-9-20;1-3-4-5-6-7-2;;/h15-16,18,21-24,26,31H,6-14,17,19-20H2,1-5H3,(H,39,45);10,12,14,17-20,22,27H,2-9,11,13,15-16,32H2,1H3,(H,33,34)(H,35,40);10-12,14-18,20,25H,4-9,13H2,1-3H3,(H,33,39);7H,3-6H2,1-2H3;1H3;. The third kappa shape index (κ3) is 34.2. The summed E-state index contributed by atoms with van der Waals surface area (Å²) in [6.45, 7) is 23.1. The number of aromatic nitrogens is 12. The van der Waals surface area contributed by atoms with E-state index in [0.29, 0.717) is 103 Å². The molecular formula is C99H141F6N22O11PW. The van der Waals surface area contributed by atoms with E-state index in [1.807, 2.05) is 13.1 Å². The number of nitrogens with zero attached hydrogens (tertiary/aromatic N) is 16. The Morgan fingerprint density at radius 3 is 1.17 bits per heavy atom. The molecule has 0 aliphatic heterocycles. The number of halogens is 6. The molecule has 1 unspecified atom stereocenters. The van der Waals surface area contributed by atoms with E-state index in [9.17, 15) is 55.1 Å². The fourth-order valence-electron chi connectivity index (χ4n) is 17.0. The molecule has 6 fully saturated rings. The van der Waals surface area contributed by atoms with Crippen molar-refractivity contribution < 1.29 is 98.9 Å². The summed E-state index contributed by atoms with van der Waals surface area (Å²) < 4.78 is 116. The molecule has 33 nitrogen and oxygen atoms in total. The number of alkyl halides is 6. The van der Waals surface area contributed by atoms with Crippen LogP contribution in [0, 0.1) is 35.5 Å². The van der Waals surface area contributed by atoms with Crippen LogP contribution in [0.1, 0.15) is 308 Å². The Hall–Kier alpha value is -10.3. The SMILES string of the molecule is CC(C)(C)OC(=O)N(CC1CC1)c1cc(-c2nc(C(=O)Nc3cn(C4CCC(C=O)CC4)nc3C(F)F)co2)ccn1.CCCCCN(C)CC1CCC(n2cc(NC(=O)c3coc(-c4ccnc(N(CC5CC5)C(=O)OC(C)(C)C)c4)n3)c(C(F)F)n2)CC1.CCCCCNC.CN(CCCCN)CC1CCC(n2cc(NC(=O)c3coc(-c4ccnc(NCC5CC5)c4)n3)c(C(F)F)n2)CC1.P.[W]. The molecule has 140 heavy (non-hydrogen) atoms. The number of aldehydes is 1. The Balaban J connectivity index is 0.000000208. The second-order valence-corrected chi connectivity index (χ2v) is 39.3. The summed E-state index contributed by atoms with van der Waals surface area (Å²) in [4.78, 5) is 110. The summed E-state index contributed by atoms with van der Waals surface area (Å²) in [5, 5.41) is 26.5. The van der Waals surface area contributed by atoms with Crippen LogP contribution in [0.2, 0.25) is 0 Å². The van der Waals surface area contributed by atoms with E-state index in [1.54, 1.807) is 87.4 Å². The van der Waals surface area contributed by atoms with Gasteiger partial charge in [0, 0.05) is 114 Å². The van der Waals surface area contributed by atoms with Gasteiger partial charge in [0.25, 0.3) is 37.0 Å². The van der Waals surface area contributed by atoms with Crippen molar-refractivity contribution in [2.75, 3.05) is 111 Å². The van der Waals surface area contributed by atoms with Crippen LogP contribution in [0.3, 0.4) is 0 Å². The van der Waals surface area contributed by atoms with Crippen molar-refractivity contribution in [2.45, 2.75) is 271 Å². The molecule has 9 aromatic rings. The van der Waals surface area contributed by atoms with Gasteiger partial charge in [-0.2, -0.15) is 25.2 Å². The Labute approximate surface area is 833 Å². The van der Waals surface area contributed by atoms with Gasteiger partial charge in [-0.1, -0.05) is 39.5 Å². The van der Waals surface area contributed by atoms with E-state index in [-0.39, 0.29) is 107 Å². The fourth-order valence-corrected chi connectivity index (χ4v) is 17.0. The predicted octanol–water partition coefficient (Wildman–Crippen LogP) is 21.1. The number of carbonyl (C=O) groups is 6. The molecule has 0 spiro atoms. The molecule has 0 radical (unpaired) electrons. The number of anilines is 6. The average Bonchev–Trinajstić information content (AvgIpc) is 1.62. The zero-order chi connectivity index (χ0) is 98.7. The molecule has 6 aliphatic carbocycles. The number of unbranched alkanes of at least 4 members (excludes halogenated alkanes) is 5. The molecule has 0 aromatic carbocycles. The number of hydrogen-bond acceptors (Lipinski definition) is 25. The summed E-state index contributed by atoms with van der Waals surface area (Å²) in [7, 11) is 6.30. The molecule has 6 saturated carbocycles. The Morgan fingerprint density at radius 1 is 0.486 bits per heavy atom. The van der Waals surface area contributed by atoms with Crippen molar-refractivity contribution in [3.8, 4) is 34.4 Å². The third-order valence-corrected chi connectivity index (χ3v) is 25.2. The van der Waals surface area contributed by atoms with Crippen molar-refractivity contribution in [3.63, 3.8) is 0 Å². The first-order valence-corrected chi connectivity index (χ1v) is 48.9. The van der Waals surface area contributed by atoms with Crippen LogP contribution >= 0.6 is 9.90 Å². The quantitative estimate of drug-likeness (QED) is 0.00897. The second-order valence-electron chi connectivity index (χ2n) is 39.3. The average molecular weight is 2140 g/mol. The van der Waals surface area contributed by atoms with Crippen molar-refractivity contribution in [1.29, 1.82) is 0 Å². The van der Waals surface area contributed by atoms with Crippen molar-refractivity contribution >= 4 is 80.6 Å². The maximum absolute atomic E-state index is 14.0. The monoisotopic (exact) mass is 2140 g/mol. The number of rotatable bonds is 41. The van der Waals surface area contributed by atoms with E-state index in [2.05, 4.69) is 110 Å². The Morgan fingerprint density at radius 2 is 0.829 bits per heavy atom. The molecular weight excluding hydrogens is 2000 g/mol. The van der Waals surface area contributed by atoms with Gasteiger partial charge in [-0.25, -0.2) is 65.8 Å². The van der Waals surface area contributed by atoms with Gasteiger partial charge in [0.2, 0.25) is 17.7 Å². The topological polar surface area (TPSA) is 390 Å². The van der Waals surface area contributed by atoms with Crippen molar-refractivity contribution in [1.82, 2.24) is 74.4 Å². The van der Waals surface area contributed by atoms with Crippen molar-refractivity contribution in [3.05, 3.63) is 127 Å². The van der Waals surface area contributed by atoms with E-state index in [0.717, 1.165) is 142 Å². The molecule has 766 valence electrons. The van der Waals surface area contributed by atoms with Gasteiger partial charge >= 0.3 is 12.2 Å². The fraction of sp³-hybridized carbons (Fsp3) is 0.606. The molecule has 6 aliphatic rings. The summed E-state index contributed by atoms with van der Waals surface area (Å²) >= 11 is 0. The first-order valence-electron chi connectivity index (χ1n) is 48.9. The first kappa shape index (κ1) is 112. The van der Waals surface area contributed by atoms with Crippen LogP contribution in [0.25, 0.3) is 34.4 Å². The minimum absolute atomic E-state index is 0. The number of nitrogens with two attached hydrogens (primary N) is 1. The summed E-state index contributed by atoms with van der Waals surface area (Å²) in [6, 6.07) is 9.98. The number of nitrogens with one attached hydrogen (secondary N) is 5. The first-order chi connectivity index (χ1) is 66.2. The number of carbonyl (C=O) groups excluding carboxylic acids is 6. The van der Waals surface area contributed by atoms with Crippen LogP contribution in [-0.2, 0) is 35.3 Å². The minimum Gasteiger partial charge on any atom is -0.444 e. The Bertz CT molecular complexity index is 5370. The van der Waals surface area contributed by atoms with Crippen LogP contribution in [0.4, 0.5) is 70.4 Å². The van der Waals surface area contributed by atoms with Gasteiger partial charge in [-0.15, -0.1) is 0 Å². The zero-order valence-electron chi connectivity index (χ0n) is 82.5. The molecule has 7 N–H and O–H groups in total. The van der Waals surface area contributed by atoms with E-state index >= 15 is 0 Å². The maximum atomic E-state index is 14.0. The molecule has 9 aromatic heterocycles. The third-order valence-electron chi connectivity index (χ3n) is 25.2. The largest absolute Gasteiger partial charge is 0.444 e. The zero-order valence-corrected chi connectivity index (χ0v) is 86.9. The number of amides is 5. The van der Waals surface area contributed by atoms with E-state index < -0.39 is 77.5 Å². The summed E-state index contributed by atoms with van der Waals surface area (Å²) in [6.07, 6.45) is 30.3. The van der Waals surface area contributed by atoms with Crippen LogP contribution in [-0.4, -0.2) is 196 Å². The van der Waals surface area contributed by atoms with Crippen LogP contribution in [0.15, 0.2) is 106 Å². The summed E-state index contributed by atoms with van der Waals surface area (Å²) in [5.74, 6) is 2.40. The second kappa shape index (κ2) is 53.7. The molecule has 9 heterocycles. The molecule has 15 rings (SSSR count). The minimum atomic E-state index is -2.90. The molecule has 41 heteroatoms. The molecule has 5 amide bonds. The normalized spacial score (nSPS) is 18.1. The number of oxazole rings is 3. The number of hydrogen-bond donors (Lipinski definition) is 6. The Kier molecular flexibility index (Phi) is 42.8. The summed E-state index contributed by atoms with van der Waals surface area (Å²) in [5.41, 5.74) is 4.03. The van der Waals surface area contributed by atoms with Gasteiger partial charge in [0.05, 0.1) is 35.2 Å². The van der Waals surface area contributed by atoms with Gasteiger partial charge in [0.1, 0.15) is 53.7 Å². The molecule has 0 bridgehead atoms. The molecule has 1 atom stereocenters. The van der Waals surface area contributed by atoms with Gasteiger partial charge in [-0.3, -0.25) is 38.2 Å². The number of pyridine rings is 3. The predicted molar refractivity (Wildman–Crippen MR) is 525 cm³/mol.